The molecule has 0 aliphatic heterocycles. The van der Waals surface area contributed by atoms with Gasteiger partial charge in [0.05, 0.1) is 17.6 Å². The molecule has 1 aromatic rings. The lowest BCUT2D eigenvalue weighted by Crippen LogP contribution is -2.40. The topological polar surface area (TPSA) is 72.5 Å². The van der Waals surface area contributed by atoms with Crippen molar-refractivity contribution in [2.24, 2.45) is 0 Å². The average Bonchev–Trinajstić information content (AvgIpc) is 2.24. The molecule has 0 bridgehead atoms. The summed E-state index contributed by atoms with van der Waals surface area (Å²) in [5.41, 5.74) is -0.322. The van der Waals surface area contributed by atoms with E-state index in [0.717, 1.165) is 0 Å². The van der Waals surface area contributed by atoms with Crippen LogP contribution in [0, 0.1) is 0 Å². The van der Waals surface area contributed by atoms with Gasteiger partial charge in [0.1, 0.15) is 5.75 Å². The van der Waals surface area contributed by atoms with Crippen LogP contribution in [-0.2, 0) is 9.05 Å². The summed E-state index contributed by atoms with van der Waals surface area (Å²) in [6, 6.07) is 3.88. The SMILES string of the molecule is COc1ccc(S(=O)(=O)Cl)cc1C(=O)NC(C)(C)C. The van der Waals surface area contributed by atoms with Crippen molar-refractivity contribution in [3.8, 4) is 5.75 Å². The normalized spacial score (nSPS) is 12.1. The van der Waals surface area contributed by atoms with E-state index in [1.165, 1.54) is 25.3 Å². The van der Waals surface area contributed by atoms with E-state index < -0.39 is 20.5 Å². The lowest BCUT2D eigenvalue weighted by molar-refractivity contribution is 0.0916. The molecule has 0 aromatic heterocycles. The van der Waals surface area contributed by atoms with Gasteiger partial charge in [0.15, 0.2) is 0 Å². The number of benzene rings is 1. The minimum atomic E-state index is -3.89. The fraction of sp³-hybridized carbons (Fsp3) is 0.417. The van der Waals surface area contributed by atoms with Gasteiger partial charge in [-0.15, -0.1) is 0 Å². The zero-order valence-electron chi connectivity index (χ0n) is 11.2. The minimum absolute atomic E-state index is 0.124. The molecule has 0 saturated carbocycles. The van der Waals surface area contributed by atoms with E-state index in [2.05, 4.69) is 5.32 Å². The van der Waals surface area contributed by atoms with E-state index in [4.69, 9.17) is 15.4 Å². The lowest BCUT2D eigenvalue weighted by Gasteiger charge is -2.21. The Labute approximate surface area is 117 Å². The molecule has 0 heterocycles. The highest BCUT2D eigenvalue weighted by atomic mass is 35.7. The standard InChI is InChI=1S/C12H16ClNO4S/c1-12(2,3)14-11(15)9-7-8(19(13,16)17)5-6-10(9)18-4/h5-7H,1-4H3,(H,14,15). The summed E-state index contributed by atoms with van der Waals surface area (Å²) in [6.07, 6.45) is 0. The first-order valence-corrected chi connectivity index (χ1v) is 7.81. The molecule has 0 unspecified atom stereocenters. The Morgan fingerprint density at radius 3 is 2.32 bits per heavy atom. The quantitative estimate of drug-likeness (QED) is 0.869. The van der Waals surface area contributed by atoms with E-state index in [-0.39, 0.29) is 16.2 Å². The van der Waals surface area contributed by atoms with Crippen molar-refractivity contribution < 1.29 is 17.9 Å². The predicted octanol–water partition coefficient (Wildman–Crippen LogP) is 2.15. The molecule has 0 aliphatic rings. The molecule has 0 saturated heterocycles. The number of ether oxygens (including phenoxy) is 1. The van der Waals surface area contributed by atoms with Crippen LogP contribution in [0.2, 0.25) is 0 Å². The molecule has 7 heteroatoms. The molecule has 0 radical (unpaired) electrons. The summed E-state index contributed by atoms with van der Waals surface area (Å²) in [4.78, 5) is 11.9. The van der Waals surface area contributed by atoms with Crippen LogP contribution in [0.1, 0.15) is 31.1 Å². The fourth-order valence-electron chi connectivity index (χ4n) is 1.42. The molecule has 106 valence electrons. The number of hydrogen-bond donors (Lipinski definition) is 1. The van der Waals surface area contributed by atoms with Gasteiger partial charge >= 0.3 is 0 Å². The van der Waals surface area contributed by atoms with Gasteiger partial charge in [-0.2, -0.15) is 0 Å². The second-order valence-electron chi connectivity index (χ2n) is 5.00. The van der Waals surface area contributed by atoms with Gasteiger partial charge < -0.3 is 10.1 Å². The molecule has 19 heavy (non-hydrogen) atoms. The molecule has 5 nitrogen and oxygen atoms in total. The maximum atomic E-state index is 12.1. The number of amides is 1. The highest BCUT2D eigenvalue weighted by molar-refractivity contribution is 8.13. The second-order valence-corrected chi connectivity index (χ2v) is 7.57. The maximum Gasteiger partial charge on any atom is 0.261 e. The van der Waals surface area contributed by atoms with Crippen LogP contribution in [0.4, 0.5) is 0 Å². The van der Waals surface area contributed by atoms with Crippen molar-refractivity contribution in [2.45, 2.75) is 31.2 Å². The Morgan fingerprint density at radius 1 is 1.32 bits per heavy atom. The summed E-state index contributed by atoms with van der Waals surface area (Å²) >= 11 is 0. The van der Waals surface area contributed by atoms with Crippen molar-refractivity contribution >= 4 is 25.6 Å². The average molecular weight is 306 g/mol. The molecule has 1 aromatic carbocycles. The second kappa shape index (κ2) is 5.38. The Bertz CT molecular complexity index is 590. The highest BCUT2D eigenvalue weighted by Gasteiger charge is 2.21. The smallest absolute Gasteiger partial charge is 0.261 e. The van der Waals surface area contributed by atoms with Crippen LogP contribution in [0.5, 0.6) is 5.75 Å². The molecule has 0 spiro atoms. The van der Waals surface area contributed by atoms with Crippen LogP contribution < -0.4 is 10.1 Å². The molecule has 0 aliphatic carbocycles. The Hall–Kier alpha value is -1.27. The van der Waals surface area contributed by atoms with E-state index in [1.54, 1.807) is 0 Å². The molecule has 1 amide bonds. The van der Waals surface area contributed by atoms with E-state index >= 15 is 0 Å². The van der Waals surface area contributed by atoms with E-state index in [9.17, 15) is 13.2 Å². The summed E-state index contributed by atoms with van der Waals surface area (Å²) in [5, 5.41) is 2.73. The molecular formula is C12H16ClNO4S. The third kappa shape index (κ3) is 4.40. The fourth-order valence-corrected chi connectivity index (χ4v) is 2.20. The minimum Gasteiger partial charge on any atom is -0.496 e. The Kier molecular flexibility index (Phi) is 4.47. The first-order valence-electron chi connectivity index (χ1n) is 5.50. The number of halogens is 1. The van der Waals surface area contributed by atoms with Crippen LogP contribution in [0.3, 0.4) is 0 Å². The van der Waals surface area contributed by atoms with Crippen molar-refractivity contribution in [3.63, 3.8) is 0 Å². The molecule has 0 atom stereocenters. The van der Waals surface area contributed by atoms with Crippen molar-refractivity contribution in [1.29, 1.82) is 0 Å². The zero-order valence-corrected chi connectivity index (χ0v) is 12.7. The molecule has 1 N–H and O–H groups in total. The Morgan fingerprint density at radius 2 is 1.89 bits per heavy atom. The van der Waals surface area contributed by atoms with Gasteiger partial charge in [0, 0.05) is 16.2 Å². The number of carbonyl (C=O) groups is 1. The van der Waals surface area contributed by atoms with Crippen molar-refractivity contribution in [1.82, 2.24) is 5.32 Å². The van der Waals surface area contributed by atoms with Gasteiger partial charge in [-0.1, -0.05) is 0 Å². The number of nitrogens with one attached hydrogen (secondary N) is 1. The van der Waals surface area contributed by atoms with Crippen LogP contribution >= 0.6 is 10.7 Å². The van der Waals surface area contributed by atoms with E-state index in [1.807, 2.05) is 20.8 Å². The van der Waals surface area contributed by atoms with Crippen LogP contribution in [-0.4, -0.2) is 27.0 Å². The number of methoxy groups -OCH3 is 1. The zero-order chi connectivity index (χ0) is 14.8. The monoisotopic (exact) mass is 305 g/mol. The van der Waals surface area contributed by atoms with Gasteiger partial charge in [-0.3, -0.25) is 4.79 Å². The lowest BCUT2D eigenvalue weighted by atomic mass is 10.1. The maximum absolute atomic E-state index is 12.1. The third-order valence-corrected chi connectivity index (χ3v) is 3.54. The van der Waals surface area contributed by atoms with Crippen molar-refractivity contribution in [3.05, 3.63) is 23.8 Å². The van der Waals surface area contributed by atoms with E-state index in [0.29, 0.717) is 0 Å². The number of carbonyl (C=O) groups excluding carboxylic acids is 1. The summed E-state index contributed by atoms with van der Waals surface area (Å²) in [5.74, 6) is -0.141. The van der Waals surface area contributed by atoms with Crippen LogP contribution in [0.25, 0.3) is 0 Å². The van der Waals surface area contributed by atoms with Gasteiger partial charge in [-0.25, -0.2) is 8.42 Å². The number of hydrogen-bond acceptors (Lipinski definition) is 4. The predicted molar refractivity (Wildman–Crippen MR) is 73.3 cm³/mol. The third-order valence-electron chi connectivity index (χ3n) is 2.19. The highest BCUT2D eigenvalue weighted by Crippen LogP contribution is 2.24. The Balaban J connectivity index is 3.28. The summed E-state index contributed by atoms with van der Waals surface area (Å²) < 4.78 is 27.6. The summed E-state index contributed by atoms with van der Waals surface area (Å²) in [6.45, 7) is 5.46. The molecular weight excluding hydrogens is 290 g/mol. The largest absolute Gasteiger partial charge is 0.496 e. The van der Waals surface area contributed by atoms with Gasteiger partial charge in [0.25, 0.3) is 15.0 Å². The number of rotatable bonds is 3. The first kappa shape index (κ1) is 15.8. The molecule has 1 rings (SSSR count). The van der Waals surface area contributed by atoms with Crippen molar-refractivity contribution in [2.75, 3.05) is 7.11 Å². The van der Waals surface area contributed by atoms with Gasteiger partial charge in [0.2, 0.25) is 0 Å². The van der Waals surface area contributed by atoms with Gasteiger partial charge in [-0.05, 0) is 39.0 Å². The molecule has 0 fully saturated rings. The first-order chi connectivity index (χ1) is 8.54. The van der Waals surface area contributed by atoms with Crippen LogP contribution in [0.15, 0.2) is 23.1 Å². The summed E-state index contributed by atoms with van der Waals surface area (Å²) in [7, 11) is 2.77.